The lowest BCUT2D eigenvalue weighted by molar-refractivity contribution is 0.0697. The second-order valence-corrected chi connectivity index (χ2v) is 9.44. The fourth-order valence-electron chi connectivity index (χ4n) is 4.93. The van der Waals surface area contributed by atoms with Crippen LogP contribution in [0.15, 0.2) is 72.9 Å². The second-order valence-electron chi connectivity index (χ2n) is 8.61. The van der Waals surface area contributed by atoms with Crippen LogP contribution >= 0.6 is 23.8 Å². The van der Waals surface area contributed by atoms with Crippen molar-refractivity contribution in [1.82, 2.24) is 14.9 Å². The standard InChI is InChI=1S/C27H23ClN4O3S/c1-15-13-19(16(2)31(15)21-9-4-3-7-18(21)26(34)35)25-24(20-8-5-6-12-29-20)30-27(36)32(25)22-14-17(28)10-11-23(22)33/h3-14,24-25,33H,1-2H3,(H,30,36)(H,34,35). The molecular formula is C27H23ClN4O3S. The molecule has 2 aromatic heterocycles. The minimum absolute atomic E-state index is 0.0419. The smallest absolute Gasteiger partial charge is 0.337 e. The van der Waals surface area contributed by atoms with Crippen molar-refractivity contribution in [2.75, 3.05) is 4.90 Å². The van der Waals surface area contributed by atoms with Gasteiger partial charge in [-0.1, -0.05) is 29.8 Å². The van der Waals surface area contributed by atoms with E-state index in [1.54, 1.807) is 36.5 Å². The Labute approximate surface area is 218 Å². The summed E-state index contributed by atoms with van der Waals surface area (Å²) in [6.07, 6.45) is 1.73. The Morgan fingerprint density at radius 1 is 1.06 bits per heavy atom. The lowest BCUT2D eigenvalue weighted by atomic mass is 9.96. The van der Waals surface area contributed by atoms with Crippen molar-refractivity contribution in [3.05, 3.63) is 106 Å². The number of hydrogen-bond acceptors (Lipinski definition) is 4. The van der Waals surface area contributed by atoms with Gasteiger partial charge in [-0.15, -0.1) is 0 Å². The number of carboxylic acid groups (broad SMARTS) is 1. The molecule has 1 aliphatic heterocycles. The van der Waals surface area contributed by atoms with Crippen LogP contribution in [-0.4, -0.2) is 30.8 Å². The van der Waals surface area contributed by atoms with Crippen LogP contribution in [0.25, 0.3) is 5.69 Å². The lowest BCUT2D eigenvalue weighted by Crippen LogP contribution is -2.29. The van der Waals surface area contributed by atoms with Crippen molar-refractivity contribution in [3.8, 4) is 11.4 Å². The molecule has 36 heavy (non-hydrogen) atoms. The first-order valence-corrected chi connectivity index (χ1v) is 12.1. The van der Waals surface area contributed by atoms with Crippen LogP contribution < -0.4 is 10.2 Å². The molecule has 0 bridgehead atoms. The van der Waals surface area contributed by atoms with Crippen LogP contribution in [0.1, 0.15) is 45.1 Å². The molecule has 3 N–H and O–H groups in total. The number of halogens is 1. The van der Waals surface area contributed by atoms with E-state index in [-0.39, 0.29) is 17.4 Å². The SMILES string of the molecule is Cc1cc(C2C(c3ccccn3)NC(=S)N2c2cc(Cl)ccc2O)c(C)n1-c1ccccc1C(=O)O. The molecule has 1 aliphatic rings. The van der Waals surface area contributed by atoms with Gasteiger partial charge in [-0.05, 0) is 80.2 Å². The predicted octanol–water partition coefficient (Wildman–Crippen LogP) is 5.72. The van der Waals surface area contributed by atoms with Gasteiger partial charge >= 0.3 is 5.97 Å². The highest BCUT2D eigenvalue weighted by Gasteiger charge is 2.43. The van der Waals surface area contributed by atoms with Crippen molar-refractivity contribution < 1.29 is 15.0 Å². The highest BCUT2D eigenvalue weighted by Crippen LogP contribution is 2.46. The molecule has 7 nitrogen and oxygen atoms in total. The molecular weight excluding hydrogens is 496 g/mol. The molecule has 9 heteroatoms. The minimum atomic E-state index is -1.000. The Hall–Kier alpha value is -3.88. The number of phenolic OH excluding ortho intramolecular Hbond substituents is 1. The summed E-state index contributed by atoms with van der Waals surface area (Å²) in [5.41, 5.74) is 4.66. The largest absolute Gasteiger partial charge is 0.506 e. The zero-order valence-electron chi connectivity index (χ0n) is 19.5. The number of carbonyl (C=O) groups is 1. The number of phenols is 1. The van der Waals surface area contributed by atoms with Crippen molar-refractivity contribution in [2.24, 2.45) is 0 Å². The molecule has 0 saturated carbocycles. The maximum absolute atomic E-state index is 12.0. The monoisotopic (exact) mass is 518 g/mol. The van der Waals surface area contributed by atoms with Gasteiger partial charge in [-0.2, -0.15) is 0 Å². The van der Waals surface area contributed by atoms with Crippen LogP contribution in [0.2, 0.25) is 5.02 Å². The molecule has 2 unspecified atom stereocenters. The van der Waals surface area contributed by atoms with E-state index in [4.69, 9.17) is 23.8 Å². The van der Waals surface area contributed by atoms with E-state index in [0.29, 0.717) is 21.5 Å². The Morgan fingerprint density at radius 3 is 2.53 bits per heavy atom. The van der Waals surface area contributed by atoms with Gasteiger partial charge in [-0.25, -0.2) is 4.79 Å². The molecule has 2 atom stereocenters. The van der Waals surface area contributed by atoms with Crippen LogP contribution in [0.5, 0.6) is 5.75 Å². The number of nitrogens with zero attached hydrogens (tertiary/aromatic N) is 3. The summed E-state index contributed by atoms with van der Waals surface area (Å²) in [5.74, 6) is -0.958. The third-order valence-corrected chi connectivity index (χ3v) is 7.01. The number of carboxylic acids is 1. The quantitative estimate of drug-likeness (QED) is 0.291. The summed E-state index contributed by atoms with van der Waals surface area (Å²) in [6.45, 7) is 3.89. The summed E-state index contributed by atoms with van der Waals surface area (Å²) < 4.78 is 1.94. The van der Waals surface area contributed by atoms with E-state index < -0.39 is 12.0 Å². The molecule has 4 aromatic rings. The number of aromatic carboxylic acids is 1. The Morgan fingerprint density at radius 2 is 1.81 bits per heavy atom. The Bertz CT molecular complexity index is 1490. The molecule has 0 spiro atoms. The first-order valence-electron chi connectivity index (χ1n) is 11.3. The van der Waals surface area contributed by atoms with E-state index in [0.717, 1.165) is 22.6 Å². The molecule has 0 radical (unpaired) electrons. The van der Waals surface area contributed by atoms with E-state index >= 15 is 0 Å². The van der Waals surface area contributed by atoms with E-state index in [1.165, 1.54) is 6.07 Å². The van der Waals surface area contributed by atoms with Crippen LogP contribution in [0.3, 0.4) is 0 Å². The third-order valence-electron chi connectivity index (χ3n) is 6.46. The van der Waals surface area contributed by atoms with Gasteiger partial charge in [0.1, 0.15) is 5.75 Å². The van der Waals surface area contributed by atoms with Crippen LogP contribution in [-0.2, 0) is 0 Å². The maximum atomic E-state index is 12.0. The summed E-state index contributed by atoms with van der Waals surface area (Å²) in [6, 6.07) is 18.7. The average Bonchev–Trinajstić information content (AvgIpc) is 3.36. The number of hydrogen-bond donors (Lipinski definition) is 3. The molecule has 5 rings (SSSR count). The molecule has 182 valence electrons. The fraction of sp³-hybridized carbons (Fsp3) is 0.148. The minimum Gasteiger partial charge on any atom is -0.506 e. The fourth-order valence-corrected chi connectivity index (χ4v) is 5.43. The molecule has 3 heterocycles. The first-order chi connectivity index (χ1) is 17.3. The number of anilines is 1. The summed E-state index contributed by atoms with van der Waals surface area (Å²) in [5, 5.41) is 24.8. The number of nitrogens with one attached hydrogen (secondary N) is 1. The van der Waals surface area contributed by atoms with Crippen molar-refractivity contribution in [2.45, 2.75) is 25.9 Å². The Kier molecular flexibility index (Phi) is 6.15. The number of benzene rings is 2. The normalized spacial score (nSPS) is 17.3. The van der Waals surface area contributed by atoms with Gasteiger partial charge in [0.25, 0.3) is 0 Å². The molecule has 1 fully saturated rings. The van der Waals surface area contributed by atoms with Gasteiger partial charge in [0.2, 0.25) is 0 Å². The molecule has 2 aromatic carbocycles. The van der Waals surface area contributed by atoms with Gasteiger partial charge < -0.3 is 25.0 Å². The van der Waals surface area contributed by atoms with Crippen molar-refractivity contribution in [1.29, 1.82) is 0 Å². The van der Waals surface area contributed by atoms with Crippen LogP contribution in [0, 0.1) is 13.8 Å². The van der Waals surface area contributed by atoms with Gasteiger partial charge in [0, 0.05) is 22.6 Å². The number of rotatable bonds is 5. The second kappa shape index (κ2) is 9.29. The number of aromatic nitrogens is 2. The van der Waals surface area contributed by atoms with E-state index in [2.05, 4.69) is 10.3 Å². The highest BCUT2D eigenvalue weighted by molar-refractivity contribution is 7.80. The summed E-state index contributed by atoms with van der Waals surface area (Å²) in [7, 11) is 0. The number of pyridine rings is 1. The number of aryl methyl sites for hydroxylation is 1. The summed E-state index contributed by atoms with van der Waals surface area (Å²) >= 11 is 12.1. The van der Waals surface area contributed by atoms with Crippen molar-refractivity contribution >= 4 is 40.6 Å². The van der Waals surface area contributed by atoms with Crippen molar-refractivity contribution in [3.63, 3.8) is 0 Å². The number of aromatic hydroxyl groups is 1. The van der Waals surface area contributed by atoms with Gasteiger partial charge in [0.15, 0.2) is 5.11 Å². The number of thiocarbonyl (C=S) groups is 1. The average molecular weight is 519 g/mol. The maximum Gasteiger partial charge on any atom is 0.337 e. The molecule has 1 saturated heterocycles. The molecule has 0 aliphatic carbocycles. The Balaban J connectivity index is 1.73. The van der Waals surface area contributed by atoms with Gasteiger partial charge in [0.05, 0.1) is 34.7 Å². The highest BCUT2D eigenvalue weighted by atomic mass is 35.5. The zero-order valence-corrected chi connectivity index (χ0v) is 21.1. The zero-order chi connectivity index (χ0) is 25.6. The number of para-hydroxylation sites is 1. The third kappa shape index (κ3) is 3.98. The summed E-state index contributed by atoms with van der Waals surface area (Å²) in [4.78, 5) is 18.4. The first kappa shape index (κ1) is 23.8. The van der Waals surface area contributed by atoms with Crippen LogP contribution in [0.4, 0.5) is 5.69 Å². The molecule has 0 amide bonds. The van der Waals surface area contributed by atoms with E-state index in [9.17, 15) is 15.0 Å². The topological polar surface area (TPSA) is 90.6 Å². The van der Waals surface area contributed by atoms with E-state index in [1.807, 2.05) is 53.6 Å². The lowest BCUT2D eigenvalue weighted by Gasteiger charge is -2.29. The predicted molar refractivity (Wildman–Crippen MR) is 143 cm³/mol. The van der Waals surface area contributed by atoms with Gasteiger partial charge in [-0.3, -0.25) is 4.98 Å².